The Morgan fingerprint density at radius 2 is 1.92 bits per heavy atom. The molecule has 1 atom stereocenters. The van der Waals surface area contributed by atoms with E-state index in [1.54, 1.807) is 30.7 Å². The van der Waals surface area contributed by atoms with Crippen LogP contribution in [0.1, 0.15) is 31.1 Å². The highest BCUT2D eigenvalue weighted by Crippen LogP contribution is 2.45. The van der Waals surface area contributed by atoms with E-state index in [9.17, 15) is 26.8 Å². The van der Waals surface area contributed by atoms with Crippen LogP contribution in [0.3, 0.4) is 0 Å². The quantitative estimate of drug-likeness (QED) is 0.320. The fourth-order valence-electron chi connectivity index (χ4n) is 4.41. The number of aromatic nitrogens is 1. The van der Waals surface area contributed by atoms with Crippen molar-refractivity contribution in [2.24, 2.45) is 0 Å². The molecule has 0 saturated carbocycles. The summed E-state index contributed by atoms with van der Waals surface area (Å²) in [4.78, 5) is 17.4. The molecule has 36 heavy (non-hydrogen) atoms. The van der Waals surface area contributed by atoms with Gasteiger partial charge in [-0.05, 0) is 30.5 Å². The number of thiophene rings is 1. The predicted molar refractivity (Wildman–Crippen MR) is 136 cm³/mol. The molecule has 1 aliphatic rings. The molecule has 0 spiro atoms. The molecule has 13 heteroatoms. The molecule has 2 N–H and O–H groups in total. The lowest BCUT2D eigenvalue weighted by Crippen LogP contribution is -2.41. The molecule has 4 rings (SSSR count). The number of hydroxylamine groups is 1. The van der Waals surface area contributed by atoms with Crippen molar-refractivity contribution in [3.05, 3.63) is 53.9 Å². The summed E-state index contributed by atoms with van der Waals surface area (Å²) in [5, 5.41) is 9.20. The maximum absolute atomic E-state index is 13.6. The van der Waals surface area contributed by atoms with Gasteiger partial charge in [-0.25, -0.2) is 31.6 Å². The van der Waals surface area contributed by atoms with Gasteiger partial charge in [-0.3, -0.25) is 10.0 Å². The molecule has 0 bridgehead atoms. The lowest BCUT2D eigenvalue weighted by molar-refractivity contribution is -0.129. The van der Waals surface area contributed by atoms with Crippen molar-refractivity contribution in [3.63, 3.8) is 0 Å². The van der Waals surface area contributed by atoms with Crippen LogP contribution < -0.4 is 5.48 Å². The number of benzene rings is 1. The van der Waals surface area contributed by atoms with E-state index in [1.807, 2.05) is 24.3 Å². The molecule has 0 radical (unpaired) electrons. The van der Waals surface area contributed by atoms with Crippen molar-refractivity contribution in [2.45, 2.75) is 30.9 Å². The summed E-state index contributed by atoms with van der Waals surface area (Å²) in [6.07, 6.45) is 2.74. The monoisotopic (exact) mass is 553 g/mol. The van der Waals surface area contributed by atoms with E-state index in [2.05, 4.69) is 4.98 Å². The highest BCUT2D eigenvalue weighted by atomic mass is 32.2. The van der Waals surface area contributed by atoms with Gasteiger partial charge >= 0.3 is 0 Å². The molecule has 0 unspecified atom stereocenters. The smallest absolute Gasteiger partial charge is 0.245 e. The van der Waals surface area contributed by atoms with Crippen LogP contribution in [0, 0.1) is 0 Å². The molecular weight excluding hydrogens is 526 g/mol. The Hall–Kier alpha value is -2.58. The molecule has 0 aliphatic carbocycles. The number of carbonyl (C=O) groups excluding carboxylic acids is 1. The Labute approximate surface area is 213 Å². The Balaban J connectivity index is 1.71. The van der Waals surface area contributed by atoms with Gasteiger partial charge in [0, 0.05) is 28.4 Å². The van der Waals surface area contributed by atoms with Crippen molar-refractivity contribution in [3.8, 4) is 21.8 Å². The van der Waals surface area contributed by atoms with Crippen molar-refractivity contribution < 1.29 is 31.3 Å². The lowest BCUT2D eigenvalue weighted by atomic mass is 9.97. The summed E-state index contributed by atoms with van der Waals surface area (Å²) in [5.74, 6) is -0.734. The maximum atomic E-state index is 13.6. The largest absolute Gasteiger partial charge is 0.444 e. The Morgan fingerprint density at radius 1 is 1.19 bits per heavy atom. The Morgan fingerprint density at radius 3 is 2.56 bits per heavy atom. The number of hydrogen-bond acceptors (Lipinski definition) is 9. The molecule has 10 nitrogen and oxygen atoms in total. The van der Waals surface area contributed by atoms with E-state index < -0.39 is 42.7 Å². The van der Waals surface area contributed by atoms with Crippen molar-refractivity contribution in [2.75, 3.05) is 24.6 Å². The maximum Gasteiger partial charge on any atom is 0.245 e. The molecule has 194 valence electrons. The average Bonchev–Trinajstić information content (AvgIpc) is 3.53. The number of amides is 1. The van der Waals surface area contributed by atoms with Gasteiger partial charge in [-0.2, -0.15) is 0 Å². The third kappa shape index (κ3) is 5.11. The van der Waals surface area contributed by atoms with Gasteiger partial charge in [-0.15, -0.1) is 11.3 Å². The van der Waals surface area contributed by atoms with E-state index in [0.717, 1.165) is 16.0 Å². The molecule has 1 aliphatic heterocycles. The van der Waals surface area contributed by atoms with Gasteiger partial charge in [0.15, 0.2) is 22.0 Å². The first-order chi connectivity index (χ1) is 17.1. The third-order valence-electron chi connectivity index (χ3n) is 6.34. The number of nitrogens with one attached hydrogen (secondary N) is 1. The SMILES string of the molecule is CCCS(=O)(=O)N1CC[C@](CC(=O)NO)(c2ccc(-c3ccc(-c4cnco4)cc3)s2)S(=O)(=O)CC1. The lowest BCUT2D eigenvalue weighted by Gasteiger charge is -2.30. The molecule has 1 aromatic carbocycles. The minimum atomic E-state index is -3.98. The predicted octanol–water partition coefficient (Wildman–Crippen LogP) is 3.02. The standard InChI is InChI=1S/C23H27N3O7S3/c1-2-12-36(31,32)26-10-9-23(14-22(27)25-28,35(29,30)13-11-26)21-8-7-20(34-21)18-5-3-17(4-6-18)19-15-24-16-33-19/h3-8,15-16,28H,2,9-14H2,1H3,(H,25,27)/t23-/m0/s1. The molecular formula is C23H27N3O7S3. The third-order valence-corrected chi connectivity index (χ3v) is 12.4. The van der Waals surface area contributed by atoms with Crippen LogP contribution in [0.5, 0.6) is 0 Å². The zero-order valence-electron chi connectivity index (χ0n) is 19.6. The van der Waals surface area contributed by atoms with Gasteiger partial charge in [0.25, 0.3) is 0 Å². The van der Waals surface area contributed by atoms with Gasteiger partial charge < -0.3 is 4.42 Å². The molecule has 1 saturated heterocycles. The molecule has 2 aromatic heterocycles. The second kappa shape index (κ2) is 10.4. The van der Waals surface area contributed by atoms with E-state index in [1.165, 1.54) is 22.0 Å². The number of sulfone groups is 1. The van der Waals surface area contributed by atoms with E-state index in [-0.39, 0.29) is 25.3 Å². The van der Waals surface area contributed by atoms with Gasteiger partial charge in [0.05, 0.1) is 24.1 Å². The van der Waals surface area contributed by atoms with Gasteiger partial charge in [-0.1, -0.05) is 31.2 Å². The van der Waals surface area contributed by atoms with Crippen molar-refractivity contribution >= 4 is 37.1 Å². The minimum absolute atomic E-state index is 0.0423. The van der Waals surface area contributed by atoms with Crippen LogP contribution in [-0.2, 0) is 29.4 Å². The summed E-state index contributed by atoms with van der Waals surface area (Å²) in [7, 11) is -7.60. The van der Waals surface area contributed by atoms with Crippen molar-refractivity contribution in [1.82, 2.24) is 14.8 Å². The number of rotatable bonds is 8. The van der Waals surface area contributed by atoms with Gasteiger partial charge in [0.2, 0.25) is 15.9 Å². The molecule has 3 aromatic rings. The van der Waals surface area contributed by atoms with Crippen LogP contribution in [0.25, 0.3) is 21.8 Å². The highest BCUT2D eigenvalue weighted by molar-refractivity contribution is 7.92. The second-order valence-electron chi connectivity index (χ2n) is 8.60. The van der Waals surface area contributed by atoms with Crippen molar-refractivity contribution in [1.29, 1.82) is 0 Å². The number of carbonyl (C=O) groups is 1. The fourth-order valence-corrected chi connectivity index (χ4v) is 9.65. The zero-order valence-corrected chi connectivity index (χ0v) is 22.0. The Kier molecular flexibility index (Phi) is 7.67. The summed E-state index contributed by atoms with van der Waals surface area (Å²) in [6.45, 7) is 1.53. The first-order valence-electron chi connectivity index (χ1n) is 11.3. The van der Waals surface area contributed by atoms with E-state index >= 15 is 0 Å². The normalized spacial score (nSPS) is 20.6. The van der Waals surface area contributed by atoms with Crippen LogP contribution in [0.2, 0.25) is 0 Å². The molecule has 1 fully saturated rings. The van der Waals surface area contributed by atoms with Crippen LogP contribution in [0.15, 0.2) is 53.4 Å². The summed E-state index contributed by atoms with van der Waals surface area (Å²) in [6, 6.07) is 10.9. The van der Waals surface area contributed by atoms with Gasteiger partial charge in [0.1, 0.15) is 4.75 Å². The zero-order chi connectivity index (χ0) is 26.0. The number of nitrogens with zero attached hydrogens (tertiary/aromatic N) is 2. The van der Waals surface area contributed by atoms with E-state index in [4.69, 9.17) is 4.42 Å². The minimum Gasteiger partial charge on any atom is -0.444 e. The second-order valence-corrected chi connectivity index (χ2v) is 14.2. The number of sulfonamides is 1. The summed E-state index contributed by atoms with van der Waals surface area (Å²) in [5.41, 5.74) is 3.22. The molecule has 3 heterocycles. The summed E-state index contributed by atoms with van der Waals surface area (Å²) >= 11 is 1.23. The Bertz CT molecular complexity index is 1420. The first kappa shape index (κ1) is 26.5. The number of oxazole rings is 1. The van der Waals surface area contributed by atoms with E-state index in [0.29, 0.717) is 17.1 Å². The van der Waals surface area contributed by atoms with Crippen LogP contribution in [-0.4, -0.2) is 61.8 Å². The number of hydrogen-bond donors (Lipinski definition) is 2. The fraction of sp³-hybridized carbons (Fsp3) is 0.391. The van der Waals surface area contributed by atoms with Crippen LogP contribution >= 0.6 is 11.3 Å². The average molecular weight is 554 g/mol. The molecule has 1 amide bonds. The highest BCUT2D eigenvalue weighted by Gasteiger charge is 2.50. The first-order valence-corrected chi connectivity index (χ1v) is 15.4. The summed E-state index contributed by atoms with van der Waals surface area (Å²) < 4.78 is 57.5. The topological polar surface area (TPSA) is 147 Å². The van der Waals surface area contributed by atoms with Crippen LogP contribution in [0.4, 0.5) is 0 Å².